The molecule has 17 heavy (non-hydrogen) atoms. The first kappa shape index (κ1) is 11.4. The number of rotatable bonds is 3. The van der Waals surface area contributed by atoms with Crippen LogP contribution >= 0.6 is 0 Å². The van der Waals surface area contributed by atoms with E-state index < -0.39 is 0 Å². The quantitative estimate of drug-likeness (QED) is 0.769. The smallest absolute Gasteiger partial charge is 0.305 e. The van der Waals surface area contributed by atoms with Crippen molar-refractivity contribution in [3.63, 3.8) is 0 Å². The Morgan fingerprint density at radius 1 is 1.35 bits per heavy atom. The standard InChI is InChI=1S/C12H14N2O3/c1-17-11(15)7-6-10-13-9-5-3-2-4-8(9)12(16)14-10/h2-5,10,13H,6-7H2,1H3,(H,14,16). The molecule has 1 amide bonds. The van der Waals surface area contributed by atoms with Crippen LogP contribution < -0.4 is 10.6 Å². The molecule has 2 rings (SSSR count). The molecule has 5 nitrogen and oxygen atoms in total. The molecule has 0 bridgehead atoms. The van der Waals surface area contributed by atoms with E-state index in [4.69, 9.17) is 0 Å². The van der Waals surface area contributed by atoms with Gasteiger partial charge in [0.05, 0.1) is 18.8 Å². The van der Waals surface area contributed by atoms with E-state index in [1.165, 1.54) is 7.11 Å². The van der Waals surface area contributed by atoms with Gasteiger partial charge in [-0.3, -0.25) is 9.59 Å². The van der Waals surface area contributed by atoms with Crippen molar-refractivity contribution in [2.75, 3.05) is 12.4 Å². The highest BCUT2D eigenvalue weighted by Crippen LogP contribution is 2.20. The fourth-order valence-electron chi connectivity index (χ4n) is 1.78. The van der Waals surface area contributed by atoms with Crippen LogP contribution in [0.15, 0.2) is 24.3 Å². The average molecular weight is 234 g/mol. The molecule has 0 aromatic heterocycles. The molecule has 1 aromatic carbocycles. The molecule has 1 aliphatic rings. The summed E-state index contributed by atoms with van der Waals surface area (Å²) in [5.41, 5.74) is 1.42. The largest absolute Gasteiger partial charge is 0.469 e. The number of hydrogen-bond donors (Lipinski definition) is 2. The number of ether oxygens (including phenoxy) is 1. The Kier molecular flexibility index (Phi) is 3.27. The van der Waals surface area contributed by atoms with E-state index in [0.29, 0.717) is 12.0 Å². The Bertz CT molecular complexity index is 445. The number of methoxy groups -OCH3 is 1. The summed E-state index contributed by atoms with van der Waals surface area (Å²) in [5, 5.41) is 5.96. The van der Waals surface area contributed by atoms with E-state index >= 15 is 0 Å². The van der Waals surface area contributed by atoms with Gasteiger partial charge in [-0.2, -0.15) is 0 Å². The van der Waals surface area contributed by atoms with Crippen LogP contribution in [0.1, 0.15) is 23.2 Å². The Balaban J connectivity index is 2.02. The molecular formula is C12H14N2O3. The van der Waals surface area contributed by atoms with Gasteiger partial charge in [0.2, 0.25) is 0 Å². The Morgan fingerprint density at radius 2 is 2.12 bits per heavy atom. The molecule has 0 saturated heterocycles. The molecule has 1 unspecified atom stereocenters. The van der Waals surface area contributed by atoms with Gasteiger partial charge in [0.1, 0.15) is 0 Å². The van der Waals surface area contributed by atoms with Gasteiger partial charge in [-0.15, -0.1) is 0 Å². The Labute approximate surface area is 99.2 Å². The lowest BCUT2D eigenvalue weighted by Crippen LogP contribution is -2.45. The zero-order chi connectivity index (χ0) is 12.3. The number of esters is 1. The topological polar surface area (TPSA) is 67.4 Å². The molecule has 2 N–H and O–H groups in total. The number of benzene rings is 1. The third-order valence-corrected chi connectivity index (χ3v) is 2.67. The molecule has 0 saturated carbocycles. The van der Waals surface area contributed by atoms with Crippen LogP contribution in [0.3, 0.4) is 0 Å². The summed E-state index contributed by atoms with van der Waals surface area (Å²) < 4.78 is 4.56. The van der Waals surface area contributed by atoms with Crippen molar-refractivity contribution >= 4 is 17.6 Å². The SMILES string of the molecule is COC(=O)CCC1NC(=O)c2ccccc2N1. The fourth-order valence-corrected chi connectivity index (χ4v) is 1.78. The van der Waals surface area contributed by atoms with Crippen molar-refractivity contribution in [2.45, 2.75) is 19.0 Å². The molecular weight excluding hydrogens is 220 g/mol. The predicted molar refractivity (Wildman–Crippen MR) is 62.6 cm³/mol. The number of para-hydroxylation sites is 1. The molecule has 90 valence electrons. The van der Waals surface area contributed by atoms with Crippen LogP contribution in [0.25, 0.3) is 0 Å². The fraction of sp³-hybridized carbons (Fsp3) is 0.333. The number of hydrogen-bond acceptors (Lipinski definition) is 4. The summed E-state index contributed by atoms with van der Waals surface area (Å²) in [5.74, 6) is -0.394. The van der Waals surface area contributed by atoms with E-state index in [2.05, 4.69) is 15.4 Å². The van der Waals surface area contributed by atoms with Crippen molar-refractivity contribution < 1.29 is 14.3 Å². The van der Waals surface area contributed by atoms with E-state index in [-0.39, 0.29) is 24.5 Å². The highest BCUT2D eigenvalue weighted by Gasteiger charge is 2.23. The van der Waals surface area contributed by atoms with Crippen LogP contribution in [-0.2, 0) is 9.53 Å². The van der Waals surface area contributed by atoms with Gasteiger partial charge in [0.25, 0.3) is 5.91 Å². The number of nitrogens with one attached hydrogen (secondary N) is 2. The minimum Gasteiger partial charge on any atom is -0.469 e. The van der Waals surface area contributed by atoms with Crippen molar-refractivity contribution in [2.24, 2.45) is 0 Å². The minimum absolute atomic E-state index is 0.116. The number of fused-ring (bicyclic) bond motifs is 1. The van der Waals surface area contributed by atoms with E-state index in [9.17, 15) is 9.59 Å². The molecule has 1 aromatic rings. The van der Waals surface area contributed by atoms with Gasteiger partial charge in [-0.05, 0) is 18.6 Å². The Hall–Kier alpha value is -2.04. The maximum absolute atomic E-state index is 11.7. The molecule has 1 atom stereocenters. The highest BCUT2D eigenvalue weighted by molar-refractivity contribution is 6.01. The summed E-state index contributed by atoms with van der Waals surface area (Å²) in [6, 6.07) is 7.28. The van der Waals surface area contributed by atoms with Gasteiger partial charge in [-0.25, -0.2) is 0 Å². The highest BCUT2D eigenvalue weighted by atomic mass is 16.5. The lowest BCUT2D eigenvalue weighted by atomic mass is 10.1. The molecule has 5 heteroatoms. The number of amides is 1. The van der Waals surface area contributed by atoms with Gasteiger partial charge < -0.3 is 15.4 Å². The molecule has 0 aliphatic carbocycles. The van der Waals surface area contributed by atoms with Gasteiger partial charge in [0.15, 0.2) is 0 Å². The van der Waals surface area contributed by atoms with Crippen LogP contribution in [0.5, 0.6) is 0 Å². The first-order chi connectivity index (χ1) is 8.20. The summed E-state index contributed by atoms with van der Waals surface area (Å²) in [7, 11) is 1.35. The number of carbonyl (C=O) groups excluding carboxylic acids is 2. The summed E-state index contributed by atoms with van der Waals surface area (Å²) in [6.45, 7) is 0. The predicted octanol–water partition coefficient (Wildman–Crippen LogP) is 1.12. The van der Waals surface area contributed by atoms with Crippen molar-refractivity contribution in [3.8, 4) is 0 Å². The van der Waals surface area contributed by atoms with Gasteiger partial charge in [-0.1, -0.05) is 12.1 Å². The second-order valence-corrected chi connectivity index (χ2v) is 3.83. The van der Waals surface area contributed by atoms with Crippen molar-refractivity contribution in [1.29, 1.82) is 0 Å². The third-order valence-electron chi connectivity index (χ3n) is 2.67. The van der Waals surface area contributed by atoms with E-state index in [1.807, 2.05) is 18.2 Å². The second kappa shape index (κ2) is 4.86. The lowest BCUT2D eigenvalue weighted by Gasteiger charge is -2.27. The zero-order valence-corrected chi connectivity index (χ0v) is 9.53. The maximum atomic E-state index is 11.7. The molecule has 1 aliphatic heterocycles. The number of carbonyl (C=O) groups is 2. The van der Waals surface area contributed by atoms with Crippen LogP contribution in [0.2, 0.25) is 0 Å². The van der Waals surface area contributed by atoms with Crippen molar-refractivity contribution in [3.05, 3.63) is 29.8 Å². The second-order valence-electron chi connectivity index (χ2n) is 3.83. The first-order valence-electron chi connectivity index (χ1n) is 5.44. The lowest BCUT2D eigenvalue weighted by molar-refractivity contribution is -0.140. The molecule has 0 radical (unpaired) electrons. The molecule has 0 spiro atoms. The maximum Gasteiger partial charge on any atom is 0.305 e. The summed E-state index contributed by atoms with van der Waals surface area (Å²) in [4.78, 5) is 22.8. The molecule has 0 fully saturated rings. The summed E-state index contributed by atoms with van der Waals surface area (Å²) >= 11 is 0. The van der Waals surface area contributed by atoms with Crippen molar-refractivity contribution in [1.82, 2.24) is 5.32 Å². The van der Waals surface area contributed by atoms with E-state index in [1.54, 1.807) is 6.07 Å². The number of anilines is 1. The zero-order valence-electron chi connectivity index (χ0n) is 9.53. The summed E-state index contributed by atoms with van der Waals surface area (Å²) in [6.07, 6.45) is 0.556. The normalized spacial score (nSPS) is 17.7. The average Bonchev–Trinajstić information content (AvgIpc) is 2.36. The third kappa shape index (κ3) is 2.55. The molecule has 1 heterocycles. The monoisotopic (exact) mass is 234 g/mol. The van der Waals surface area contributed by atoms with Crippen LogP contribution in [0, 0.1) is 0 Å². The van der Waals surface area contributed by atoms with Gasteiger partial charge >= 0.3 is 5.97 Å². The minimum atomic E-state index is -0.278. The Morgan fingerprint density at radius 3 is 2.88 bits per heavy atom. The first-order valence-corrected chi connectivity index (χ1v) is 5.44. The van der Waals surface area contributed by atoms with E-state index in [0.717, 1.165) is 5.69 Å². The van der Waals surface area contributed by atoms with Crippen LogP contribution in [0.4, 0.5) is 5.69 Å². The van der Waals surface area contributed by atoms with Gasteiger partial charge in [0, 0.05) is 12.1 Å². The van der Waals surface area contributed by atoms with Crippen LogP contribution in [-0.4, -0.2) is 25.2 Å².